The molecule has 1 aliphatic heterocycles. The zero-order valence-corrected chi connectivity index (χ0v) is 17.2. The number of likely N-dealkylation sites (tertiary alicyclic amines) is 1. The Morgan fingerprint density at radius 2 is 2.07 bits per heavy atom. The molecule has 0 amide bonds. The van der Waals surface area contributed by atoms with Gasteiger partial charge in [0.05, 0.1) is 5.52 Å². The van der Waals surface area contributed by atoms with Gasteiger partial charge in [-0.25, -0.2) is 4.98 Å². The molecule has 1 aromatic carbocycles. The van der Waals surface area contributed by atoms with E-state index in [1.165, 1.54) is 16.6 Å². The number of fused-ring (bicyclic) bond motifs is 1. The van der Waals surface area contributed by atoms with Crippen LogP contribution in [-0.4, -0.2) is 32.9 Å². The minimum Gasteiger partial charge on any atom is -0.331 e. The van der Waals surface area contributed by atoms with E-state index in [0.29, 0.717) is 5.92 Å². The summed E-state index contributed by atoms with van der Waals surface area (Å²) in [6.07, 6.45) is 4.87. The molecule has 6 heteroatoms. The summed E-state index contributed by atoms with van der Waals surface area (Å²) in [5.74, 6) is 0.458. The first-order chi connectivity index (χ1) is 14.2. The van der Waals surface area contributed by atoms with Gasteiger partial charge in [-0.15, -0.1) is 11.3 Å². The standard InChI is InChI=1S/C23H23N5S/c1-16-12-19(27-23-25-9-11-29-23)13-22(26-16)18-7-10-28(15-18)14-17-6-8-24-21-5-3-2-4-20(17)21/h2-6,8-9,11-13,18H,7,10,14-15H2,1H3,(H,25,26,27). The fourth-order valence-corrected chi connectivity index (χ4v) is 4.68. The third-order valence-corrected chi connectivity index (χ3v) is 6.17. The Morgan fingerprint density at radius 1 is 1.14 bits per heavy atom. The van der Waals surface area contributed by atoms with E-state index in [1.807, 2.05) is 23.8 Å². The summed E-state index contributed by atoms with van der Waals surface area (Å²) >= 11 is 1.61. The van der Waals surface area contributed by atoms with E-state index in [0.717, 1.165) is 48.1 Å². The molecule has 0 radical (unpaired) electrons. The maximum absolute atomic E-state index is 4.84. The van der Waals surface area contributed by atoms with E-state index in [9.17, 15) is 0 Å². The molecule has 0 spiro atoms. The van der Waals surface area contributed by atoms with Gasteiger partial charge in [0.25, 0.3) is 0 Å². The smallest absolute Gasteiger partial charge is 0.187 e. The zero-order chi connectivity index (χ0) is 19.6. The first-order valence-corrected chi connectivity index (χ1v) is 10.8. The fourth-order valence-electron chi connectivity index (χ4n) is 4.14. The lowest BCUT2D eigenvalue weighted by molar-refractivity contribution is 0.327. The van der Waals surface area contributed by atoms with Gasteiger partial charge in [-0.05, 0) is 49.7 Å². The molecular formula is C23H23N5S. The summed E-state index contributed by atoms with van der Waals surface area (Å²) in [5.41, 5.74) is 5.70. The van der Waals surface area contributed by atoms with Crippen molar-refractivity contribution in [1.29, 1.82) is 0 Å². The minimum absolute atomic E-state index is 0.458. The summed E-state index contributed by atoms with van der Waals surface area (Å²) in [5, 5.41) is 7.56. The Hall–Kier alpha value is -2.83. The van der Waals surface area contributed by atoms with Crippen LogP contribution in [0.3, 0.4) is 0 Å². The van der Waals surface area contributed by atoms with E-state index in [4.69, 9.17) is 4.98 Å². The van der Waals surface area contributed by atoms with Crippen molar-refractivity contribution in [3.63, 3.8) is 0 Å². The summed E-state index contributed by atoms with van der Waals surface area (Å²) in [6, 6.07) is 14.8. The molecule has 4 heterocycles. The number of rotatable bonds is 5. The molecule has 1 fully saturated rings. The summed E-state index contributed by atoms with van der Waals surface area (Å²) in [4.78, 5) is 16.2. The Morgan fingerprint density at radius 3 is 2.97 bits per heavy atom. The highest BCUT2D eigenvalue weighted by atomic mass is 32.1. The van der Waals surface area contributed by atoms with Crippen LogP contribution in [0.25, 0.3) is 10.9 Å². The van der Waals surface area contributed by atoms with Crippen LogP contribution < -0.4 is 5.32 Å². The van der Waals surface area contributed by atoms with E-state index in [-0.39, 0.29) is 0 Å². The number of thiazole rings is 1. The molecule has 0 bridgehead atoms. The predicted octanol–water partition coefficient (Wildman–Crippen LogP) is 5.13. The number of hydrogen-bond donors (Lipinski definition) is 1. The monoisotopic (exact) mass is 401 g/mol. The lowest BCUT2D eigenvalue weighted by atomic mass is 10.0. The maximum Gasteiger partial charge on any atom is 0.187 e. The molecule has 0 aliphatic carbocycles. The van der Waals surface area contributed by atoms with Gasteiger partial charge in [-0.2, -0.15) is 0 Å². The van der Waals surface area contributed by atoms with Gasteiger partial charge in [0.15, 0.2) is 5.13 Å². The Kier molecular flexibility index (Phi) is 4.96. The number of nitrogens with one attached hydrogen (secondary N) is 1. The molecule has 4 aromatic rings. The highest BCUT2D eigenvalue weighted by Crippen LogP contribution is 2.30. The lowest BCUT2D eigenvalue weighted by Gasteiger charge is -2.18. The van der Waals surface area contributed by atoms with Crippen LogP contribution in [0.5, 0.6) is 0 Å². The molecule has 1 atom stereocenters. The fraction of sp³-hybridized carbons (Fsp3) is 0.261. The van der Waals surface area contributed by atoms with Crippen LogP contribution in [-0.2, 0) is 6.54 Å². The normalized spacial score (nSPS) is 17.1. The third-order valence-electron chi connectivity index (χ3n) is 5.48. The van der Waals surface area contributed by atoms with Gasteiger partial charge in [0.2, 0.25) is 0 Å². The number of para-hydroxylation sites is 1. The molecule has 146 valence electrons. The van der Waals surface area contributed by atoms with Crippen LogP contribution in [0.1, 0.15) is 29.3 Å². The van der Waals surface area contributed by atoms with E-state index in [2.05, 4.69) is 63.5 Å². The number of benzene rings is 1. The number of aryl methyl sites for hydroxylation is 1. The zero-order valence-electron chi connectivity index (χ0n) is 16.4. The Bertz CT molecular complexity index is 1120. The van der Waals surface area contributed by atoms with Gasteiger partial charge < -0.3 is 5.32 Å². The summed E-state index contributed by atoms with van der Waals surface area (Å²) in [7, 11) is 0. The number of hydrogen-bond acceptors (Lipinski definition) is 6. The second-order valence-electron chi connectivity index (χ2n) is 7.59. The number of aromatic nitrogens is 3. The molecule has 5 rings (SSSR count). The highest BCUT2D eigenvalue weighted by molar-refractivity contribution is 7.13. The van der Waals surface area contributed by atoms with E-state index >= 15 is 0 Å². The van der Waals surface area contributed by atoms with Crippen molar-refractivity contribution in [1.82, 2.24) is 19.9 Å². The molecule has 1 N–H and O–H groups in total. The second-order valence-corrected chi connectivity index (χ2v) is 8.49. The summed E-state index contributed by atoms with van der Waals surface area (Å²) < 4.78 is 0. The molecule has 3 aromatic heterocycles. The van der Waals surface area contributed by atoms with E-state index in [1.54, 1.807) is 11.3 Å². The van der Waals surface area contributed by atoms with Crippen LogP contribution >= 0.6 is 11.3 Å². The quantitative estimate of drug-likeness (QED) is 0.502. The average Bonchev–Trinajstić information content (AvgIpc) is 3.40. The van der Waals surface area contributed by atoms with Crippen LogP contribution in [0.2, 0.25) is 0 Å². The van der Waals surface area contributed by atoms with Crippen molar-refractivity contribution in [3.05, 3.63) is 77.2 Å². The SMILES string of the molecule is Cc1cc(Nc2nccs2)cc(C2CCN(Cc3ccnc4ccccc34)C2)n1. The van der Waals surface area contributed by atoms with Crippen LogP contribution in [0, 0.1) is 6.92 Å². The molecular weight excluding hydrogens is 378 g/mol. The average molecular weight is 402 g/mol. The van der Waals surface area contributed by atoms with Gasteiger partial charge in [-0.1, -0.05) is 18.2 Å². The molecule has 1 aliphatic rings. The van der Waals surface area contributed by atoms with Crippen molar-refractivity contribution in [2.24, 2.45) is 0 Å². The number of nitrogens with zero attached hydrogens (tertiary/aromatic N) is 4. The maximum atomic E-state index is 4.84. The highest BCUT2D eigenvalue weighted by Gasteiger charge is 2.25. The minimum atomic E-state index is 0.458. The van der Waals surface area contributed by atoms with Crippen molar-refractivity contribution in [3.8, 4) is 0 Å². The van der Waals surface area contributed by atoms with Gasteiger partial charge in [-0.3, -0.25) is 14.9 Å². The molecule has 0 saturated carbocycles. The molecule has 5 nitrogen and oxygen atoms in total. The lowest BCUT2D eigenvalue weighted by Crippen LogP contribution is -2.20. The number of anilines is 2. The second kappa shape index (κ2) is 7.89. The molecule has 29 heavy (non-hydrogen) atoms. The van der Waals surface area contributed by atoms with E-state index < -0.39 is 0 Å². The topological polar surface area (TPSA) is 53.9 Å². The van der Waals surface area contributed by atoms with Crippen molar-refractivity contribution in [2.75, 3.05) is 18.4 Å². The third kappa shape index (κ3) is 3.99. The Balaban J connectivity index is 1.32. The predicted molar refractivity (Wildman–Crippen MR) is 119 cm³/mol. The van der Waals surface area contributed by atoms with Crippen LogP contribution in [0.4, 0.5) is 10.8 Å². The number of pyridine rings is 2. The van der Waals surface area contributed by atoms with Gasteiger partial charge in [0.1, 0.15) is 0 Å². The van der Waals surface area contributed by atoms with Gasteiger partial charge >= 0.3 is 0 Å². The Labute approximate surface area is 174 Å². The first-order valence-electron chi connectivity index (χ1n) is 9.95. The first kappa shape index (κ1) is 18.2. The summed E-state index contributed by atoms with van der Waals surface area (Å²) in [6.45, 7) is 5.14. The van der Waals surface area contributed by atoms with Crippen molar-refractivity contribution in [2.45, 2.75) is 25.8 Å². The van der Waals surface area contributed by atoms with Crippen molar-refractivity contribution < 1.29 is 0 Å². The largest absolute Gasteiger partial charge is 0.331 e. The van der Waals surface area contributed by atoms with Crippen molar-refractivity contribution >= 4 is 33.1 Å². The van der Waals surface area contributed by atoms with Crippen LogP contribution in [0.15, 0.2) is 60.2 Å². The molecule has 1 unspecified atom stereocenters. The van der Waals surface area contributed by atoms with Gasteiger partial charge in [0, 0.05) is 59.2 Å². The molecule has 1 saturated heterocycles.